The average Bonchev–Trinajstić information content (AvgIpc) is 1.83. The number of thiol groups is 1. The molecular weight excluding hydrogens is 142 g/mol. The van der Waals surface area contributed by atoms with Crippen LogP contribution in [0.3, 0.4) is 0 Å². The predicted octanol–water partition coefficient (Wildman–Crippen LogP) is 2.73. The second kappa shape index (κ2) is 3.63. The Balaban J connectivity index is 3.94. The second-order valence-corrected chi connectivity index (χ2v) is 4.20. The van der Waals surface area contributed by atoms with Gasteiger partial charge in [0.25, 0.3) is 0 Å². The number of hydrogen-bond donors (Lipinski definition) is 1. The summed E-state index contributed by atoms with van der Waals surface area (Å²) in [6.07, 6.45) is 1.15. The van der Waals surface area contributed by atoms with Gasteiger partial charge in [0.2, 0.25) is 0 Å². The van der Waals surface area contributed by atoms with Crippen molar-refractivity contribution in [3.05, 3.63) is 0 Å². The fourth-order valence-electron chi connectivity index (χ4n) is 0.834. The molecule has 0 aliphatic heterocycles. The third kappa shape index (κ3) is 2.93. The molecule has 0 saturated carbocycles. The summed E-state index contributed by atoms with van der Waals surface area (Å²) in [5.74, 6) is 0. The van der Waals surface area contributed by atoms with Gasteiger partial charge < -0.3 is 0 Å². The van der Waals surface area contributed by atoms with Crippen LogP contribution >= 0.6 is 12.8 Å². The minimum Gasteiger partial charge on any atom is -0.245 e. The average molecular weight is 161 g/mol. The summed E-state index contributed by atoms with van der Waals surface area (Å²) in [4.78, 5) is 0. The van der Waals surface area contributed by atoms with Crippen molar-refractivity contribution < 1.29 is 0 Å². The zero-order chi connectivity index (χ0) is 8.36. The Morgan fingerprint density at radius 1 is 1.40 bits per heavy atom. The van der Waals surface area contributed by atoms with Gasteiger partial charge in [0, 0.05) is 11.6 Å². The highest BCUT2D eigenvalue weighted by atomic mass is 32.1. The van der Waals surface area contributed by atoms with Crippen LogP contribution in [0.2, 0.25) is 0 Å². The summed E-state index contributed by atoms with van der Waals surface area (Å²) >= 11 is 4.42. The summed E-state index contributed by atoms with van der Waals surface area (Å²) in [5, 5.41) is 0. The first-order chi connectivity index (χ1) is 4.39. The molecule has 0 spiro atoms. The maximum Gasteiger partial charge on any atom is 0.0229 e. The minimum absolute atomic E-state index is 0.179. The van der Waals surface area contributed by atoms with Crippen molar-refractivity contribution in [2.75, 3.05) is 0 Å². The van der Waals surface area contributed by atoms with Gasteiger partial charge in [-0.15, -0.1) is 0 Å². The zero-order valence-corrected chi connectivity index (χ0v) is 8.57. The van der Waals surface area contributed by atoms with Gasteiger partial charge in [0.1, 0.15) is 0 Å². The lowest BCUT2D eigenvalue weighted by atomic mass is 10.1. The highest BCUT2D eigenvalue weighted by Crippen LogP contribution is 2.20. The van der Waals surface area contributed by atoms with E-state index >= 15 is 0 Å². The highest BCUT2D eigenvalue weighted by molar-refractivity contribution is 7.77. The first-order valence-corrected chi connectivity index (χ1v) is 4.27. The molecule has 0 aromatic carbocycles. The molecule has 0 saturated heterocycles. The van der Waals surface area contributed by atoms with Crippen LogP contribution in [0.15, 0.2) is 0 Å². The minimum atomic E-state index is 0.179. The van der Waals surface area contributed by atoms with Gasteiger partial charge in [-0.25, -0.2) is 4.31 Å². The van der Waals surface area contributed by atoms with Crippen molar-refractivity contribution in [3.63, 3.8) is 0 Å². The van der Waals surface area contributed by atoms with E-state index in [1.54, 1.807) is 0 Å². The van der Waals surface area contributed by atoms with Crippen molar-refractivity contribution in [3.8, 4) is 0 Å². The predicted molar refractivity (Wildman–Crippen MR) is 50.3 cm³/mol. The molecule has 0 rings (SSSR count). The molecule has 1 nitrogen and oxygen atoms in total. The van der Waals surface area contributed by atoms with Gasteiger partial charge in [-0.05, 0) is 34.1 Å². The normalized spacial score (nSPS) is 15.9. The van der Waals surface area contributed by atoms with Crippen molar-refractivity contribution in [2.24, 2.45) is 0 Å². The molecule has 0 aromatic rings. The Kier molecular flexibility index (Phi) is 3.74. The smallest absolute Gasteiger partial charge is 0.0229 e. The monoisotopic (exact) mass is 161 g/mol. The Bertz CT molecular complexity index is 95.9. The van der Waals surface area contributed by atoms with Crippen LogP contribution < -0.4 is 0 Å². The molecule has 2 heteroatoms. The Hall–Kier alpha value is 0.310. The van der Waals surface area contributed by atoms with Crippen LogP contribution in [0.4, 0.5) is 0 Å². The van der Waals surface area contributed by atoms with E-state index in [0.29, 0.717) is 6.04 Å². The SMILES string of the molecule is CCC(C)N(S)C(C)(C)C. The topological polar surface area (TPSA) is 3.24 Å². The van der Waals surface area contributed by atoms with Crippen molar-refractivity contribution in [1.82, 2.24) is 4.31 Å². The molecule has 0 amide bonds. The lowest BCUT2D eigenvalue weighted by Crippen LogP contribution is -2.39. The van der Waals surface area contributed by atoms with E-state index in [4.69, 9.17) is 0 Å². The highest BCUT2D eigenvalue weighted by Gasteiger charge is 2.21. The van der Waals surface area contributed by atoms with E-state index < -0.39 is 0 Å². The first-order valence-electron chi connectivity index (χ1n) is 3.87. The molecular formula is C8H19NS. The van der Waals surface area contributed by atoms with E-state index in [1.165, 1.54) is 0 Å². The van der Waals surface area contributed by atoms with E-state index in [-0.39, 0.29) is 5.54 Å². The zero-order valence-electron chi connectivity index (χ0n) is 7.68. The van der Waals surface area contributed by atoms with Crippen LogP contribution in [0.5, 0.6) is 0 Å². The van der Waals surface area contributed by atoms with E-state index in [2.05, 4.69) is 51.7 Å². The Morgan fingerprint density at radius 2 is 1.80 bits per heavy atom. The van der Waals surface area contributed by atoms with Crippen molar-refractivity contribution in [1.29, 1.82) is 0 Å². The second-order valence-electron chi connectivity index (χ2n) is 3.77. The van der Waals surface area contributed by atoms with Gasteiger partial charge in [0.15, 0.2) is 0 Å². The van der Waals surface area contributed by atoms with Crippen LogP contribution in [0, 0.1) is 0 Å². The van der Waals surface area contributed by atoms with Gasteiger partial charge in [0.05, 0.1) is 0 Å². The van der Waals surface area contributed by atoms with Crippen LogP contribution in [0.1, 0.15) is 41.0 Å². The van der Waals surface area contributed by atoms with Crippen LogP contribution in [0.25, 0.3) is 0 Å². The maximum absolute atomic E-state index is 4.42. The Labute approximate surface area is 70.3 Å². The lowest BCUT2D eigenvalue weighted by Gasteiger charge is -2.34. The molecule has 10 heavy (non-hydrogen) atoms. The van der Waals surface area contributed by atoms with Crippen LogP contribution in [-0.2, 0) is 0 Å². The van der Waals surface area contributed by atoms with E-state index in [0.717, 1.165) is 6.42 Å². The summed E-state index contributed by atoms with van der Waals surface area (Å²) in [6, 6.07) is 0.559. The first kappa shape index (κ1) is 10.3. The van der Waals surface area contributed by atoms with Crippen molar-refractivity contribution in [2.45, 2.75) is 52.6 Å². The number of nitrogens with zero attached hydrogens (tertiary/aromatic N) is 1. The summed E-state index contributed by atoms with van der Waals surface area (Å²) in [7, 11) is 0. The molecule has 0 fully saturated rings. The molecule has 0 heterocycles. The van der Waals surface area contributed by atoms with Crippen molar-refractivity contribution >= 4 is 12.8 Å². The molecule has 62 valence electrons. The largest absolute Gasteiger partial charge is 0.245 e. The molecule has 0 aromatic heterocycles. The standard InChI is InChI=1S/C8H19NS/c1-6-7(2)9(10)8(3,4)5/h7,10H,6H2,1-5H3. The summed E-state index contributed by atoms with van der Waals surface area (Å²) in [6.45, 7) is 10.9. The molecule has 0 bridgehead atoms. The number of rotatable bonds is 2. The molecule has 0 N–H and O–H groups in total. The van der Waals surface area contributed by atoms with Gasteiger partial charge >= 0.3 is 0 Å². The van der Waals surface area contributed by atoms with Gasteiger partial charge in [-0.2, -0.15) is 0 Å². The third-order valence-corrected chi connectivity index (χ3v) is 2.69. The molecule has 0 aliphatic rings. The quantitative estimate of drug-likeness (QED) is 0.609. The molecule has 0 aliphatic carbocycles. The summed E-state index contributed by atoms with van der Waals surface area (Å²) < 4.78 is 2.10. The summed E-state index contributed by atoms with van der Waals surface area (Å²) in [5.41, 5.74) is 0.179. The van der Waals surface area contributed by atoms with E-state index in [9.17, 15) is 0 Å². The number of hydrogen-bond acceptors (Lipinski definition) is 2. The fourth-order valence-corrected chi connectivity index (χ4v) is 0.997. The van der Waals surface area contributed by atoms with Gasteiger partial charge in [-0.3, -0.25) is 0 Å². The van der Waals surface area contributed by atoms with Gasteiger partial charge in [-0.1, -0.05) is 19.7 Å². The fraction of sp³-hybridized carbons (Fsp3) is 1.00. The lowest BCUT2D eigenvalue weighted by molar-refractivity contribution is 0.220. The molecule has 1 unspecified atom stereocenters. The molecule has 1 atom stereocenters. The van der Waals surface area contributed by atoms with Crippen LogP contribution in [-0.4, -0.2) is 15.9 Å². The Morgan fingerprint density at radius 3 is 1.90 bits per heavy atom. The third-order valence-electron chi connectivity index (χ3n) is 1.70. The molecule has 0 radical (unpaired) electrons. The van der Waals surface area contributed by atoms with E-state index in [1.807, 2.05) is 0 Å². The maximum atomic E-state index is 4.42.